The van der Waals surface area contributed by atoms with E-state index >= 15 is 0 Å². The van der Waals surface area contributed by atoms with Gasteiger partial charge in [-0.15, -0.1) is 0 Å². The fraction of sp³-hybridized carbons (Fsp3) is 0.263. The molecule has 250 valence electrons. The van der Waals surface area contributed by atoms with E-state index in [0.717, 1.165) is 42.5 Å². The minimum absolute atomic E-state index is 0.0280. The standard InChI is InChI=1S/C38H40FN3O5S/c39-32-16-18-33(19-17-32)41-48(45,46)35-22-20-34(21-23-35)47-28-37(43)42(27-31-14-8-3-9-15-31)36(26-30-12-6-2-7-13-30)38(44)40-25-24-29-10-4-1-5-11-29/h2-3,6-10,12-23,36,41H,1,4-5,11,24-28H2,(H,40,44)/t36-/m0/s1. The zero-order chi connectivity index (χ0) is 33.8. The topological polar surface area (TPSA) is 105 Å². The number of anilines is 1. The van der Waals surface area contributed by atoms with E-state index in [1.807, 2.05) is 60.7 Å². The Balaban J connectivity index is 1.30. The highest BCUT2D eigenvalue weighted by atomic mass is 32.2. The second-order valence-electron chi connectivity index (χ2n) is 11.7. The molecule has 4 aromatic carbocycles. The van der Waals surface area contributed by atoms with Crippen molar-refractivity contribution >= 4 is 27.5 Å². The lowest BCUT2D eigenvalue weighted by atomic mass is 9.97. The van der Waals surface area contributed by atoms with Crippen molar-refractivity contribution in [1.82, 2.24) is 10.2 Å². The number of hydrogen-bond acceptors (Lipinski definition) is 5. The van der Waals surface area contributed by atoms with E-state index in [1.165, 1.54) is 54.8 Å². The first-order valence-electron chi connectivity index (χ1n) is 16.1. The quantitative estimate of drug-likeness (QED) is 0.138. The number of amides is 2. The van der Waals surface area contributed by atoms with Crippen molar-refractivity contribution in [2.45, 2.75) is 56.0 Å². The summed E-state index contributed by atoms with van der Waals surface area (Å²) in [4.78, 5) is 29.3. The highest BCUT2D eigenvalue weighted by Gasteiger charge is 2.30. The molecule has 10 heteroatoms. The summed E-state index contributed by atoms with van der Waals surface area (Å²) in [5.41, 5.74) is 3.37. The number of benzene rings is 4. The van der Waals surface area contributed by atoms with Crippen LogP contribution in [-0.2, 0) is 32.6 Å². The van der Waals surface area contributed by atoms with Gasteiger partial charge in [0.1, 0.15) is 17.6 Å². The summed E-state index contributed by atoms with van der Waals surface area (Å²) >= 11 is 0. The molecule has 2 N–H and O–H groups in total. The molecule has 2 amide bonds. The molecule has 0 saturated carbocycles. The molecule has 0 radical (unpaired) electrons. The van der Waals surface area contributed by atoms with Crippen LogP contribution in [0.5, 0.6) is 5.75 Å². The first-order chi connectivity index (χ1) is 23.3. The van der Waals surface area contributed by atoms with E-state index in [2.05, 4.69) is 16.1 Å². The lowest BCUT2D eigenvalue weighted by Crippen LogP contribution is -2.51. The Morgan fingerprint density at radius 2 is 1.50 bits per heavy atom. The molecule has 8 nitrogen and oxygen atoms in total. The van der Waals surface area contributed by atoms with Gasteiger partial charge < -0.3 is 15.0 Å². The predicted molar refractivity (Wildman–Crippen MR) is 184 cm³/mol. The second-order valence-corrected chi connectivity index (χ2v) is 13.4. The van der Waals surface area contributed by atoms with E-state index < -0.39 is 21.9 Å². The Kier molecular flexibility index (Phi) is 12.0. The van der Waals surface area contributed by atoms with E-state index in [0.29, 0.717) is 13.0 Å². The van der Waals surface area contributed by atoms with Gasteiger partial charge >= 0.3 is 0 Å². The summed E-state index contributed by atoms with van der Waals surface area (Å²) in [6, 6.07) is 28.9. The summed E-state index contributed by atoms with van der Waals surface area (Å²) in [5, 5.41) is 3.09. The fourth-order valence-corrected chi connectivity index (χ4v) is 6.66. The van der Waals surface area contributed by atoms with Crippen LogP contribution < -0.4 is 14.8 Å². The molecule has 1 aliphatic rings. The normalized spacial score (nSPS) is 13.6. The van der Waals surface area contributed by atoms with E-state index in [4.69, 9.17) is 4.74 Å². The third-order valence-corrected chi connectivity index (χ3v) is 9.59. The van der Waals surface area contributed by atoms with Crippen LogP contribution in [0.4, 0.5) is 10.1 Å². The van der Waals surface area contributed by atoms with Gasteiger partial charge in [-0.2, -0.15) is 0 Å². The van der Waals surface area contributed by atoms with Gasteiger partial charge in [0.05, 0.1) is 4.90 Å². The number of carbonyl (C=O) groups is 2. The summed E-state index contributed by atoms with van der Waals surface area (Å²) in [7, 11) is -3.94. The molecule has 0 unspecified atom stereocenters. The number of halogens is 1. The Labute approximate surface area is 281 Å². The van der Waals surface area contributed by atoms with Crippen molar-refractivity contribution in [3.63, 3.8) is 0 Å². The van der Waals surface area contributed by atoms with Crippen LogP contribution in [0.2, 0.25) is 0 Å². The summed E-state index contributed by atoms with van der Waals surface area (Å²) in [5.74, 6) is -0.813. The monoisotopic (exact) mass is 669 g/mol. The van der Waals surface area contributed by atoms with Crippen LogP contribution in [-0.4, -0.2) is 44.3 Å². The molecule has 48 heavy (non-hydrogen) atoms. The van der Waals surface area contributed by atoms with Crippen LogP contribution in [0.25, 0.3) is 0 Å². The Hall–Kier alpha value is -4.96. The molecular formula is C38H40FN3O5S. The zero-order valence-electron chi connectivity index (χ0n) is 26.7. The van der Waals surface area contributed by atoms with Crippen LogP contribution in [0.15, 0.2) is 126 Å². The lowest BCUT2D eigenvalue weighted by molar-refractivity contribution is -0.142. The largest absolute Gasteiger partial charge is 0.484 e. The van der Waals surface area contributed by atoms with Gasteiger partial charge in [0.2, 0.25) is 5.91 Å². The van der Waals surface area contributed by atoms with Crippen molar-refractivity contribution in [3.8, 4) is 5.75 Å². The minimum Gasteiger partial charge on any atom is -0.484 e. The molecule has 0 bridgehead atoms. The number of carbonyl (C=O) groups excluding carboxylic acids is 2. The molecular weight excluding hydrogens is 629 g/mol. The van der Waals surface area contributed by atoms with Gasteiger partial charge in [0.25, 0.3) is 15.9 Å². The van der Waals surface area contributed by atoms with Crippen molar-refractivity contribution in [3.05, 3.63) is 138 Å². The SMILES string of the molecule is O=C(NCCC1=CCCCC1)[C@H](Cc1ccccc1)N(Cc1ccccc1)C(=O)COc1ccc(S(=O)(=O)Nc2ccc(F)cc2)cc1. The molecule has 5 rings (SSSR count). The number of nitrogens with zero attached hydrogens (tertiary/aromatic N) is 1. The van der Waals surface area contributed by atoms with Crippen molar-refractivity contribution in [2.24, 2.45) is 0 Å². The van der Waals surface area contributed by atoms with E-state index in [-0.39, 0.29) is 41.3 Å². The number of rotatable bonds is 15. The van der Waals surface area contributed by atoms with Crippen molar-refractivity contribution in [2.75, 3.05) is 17.9 Å². The van der Waals surface area contributed by atoms with Gasteiger partial charge in [0.15, 0.2) is 6.61 Å². The molecule has 1 atom stereocenters. The molecule has 0 saturated heterocycles. The number of ether oxygens (including phenoxy) is 1. The predicted octanol–water partition coefficient (Wildman–Crippen LogP) is 6.65. The lowest BCUT2D eigenvalue weighted by Gasteiger charge is -2.31. The summed E-state index contributed by atoms with van der Waals surface area (Å²) in [6.07, 6.45) is 7.87. The molecule has 1 aliphatic carbocycles. The zero-order valence-corrected chi connectivity index (χ0v) is 27.5. The smallest absolute Gasteiger partial charge is 0.261 e. The second kappa shape index (κ2) is 16.7. The van der Waals surface area contributed by atoms with Gasteiger partial charge in [-0.25, -0.2) is 12.8 Å². The molecule has 0 fully saturated rings. The Bertz CT molecular complexity index is 1780. The highest BCUT2D eigenvalue weighted by Crippen LogP contribution is 2.22. The Morgan fingerprint density at radius 1 is 0.833 bits per heavy atom. The van der Waals surface area contributed by atoms with Crippen molar-refractivity contribution < 1.29 is 27.1 Å². The summed E-state index contributed by atoms with van der Waals surface area (Å²) in [6.45, 7) is 0.328. The van der Waals surface area contributed by atoms with E-state index in [9.17, 15) is 22.4 Å². The number of allylic oxidation sites excluding steroid dienone is 1. The maximum Gasteiger partial charge on any atom is 0.261 e. The van der Waals surface area contributed by atoms with Gasteiger partial charge in [-0.1, -0.05) is 72.3 Å². The van der Waals surface area contributed by atoms with Crippen LogP contribution in [0, 0.1) is 5.82 Å². The first-order valence-corrected chi connectivity index (χ1v) is 17.6. The van der Waals surface area contributed by atoms with E-state index in [1.54, 1.807) is 4.90 Å². The average Bonchev–Trinajstić information content (AvgIpc) is 3.11. The third-order valence-electron chi connectivity index (χ3n) is 8.19. The molecule has 0 aliphatic heterocycles. The number of hydrogen-bond donors (Lipinski definition) is 2. The van der Waals surface area contributed by atoms with Crippen molar-refractivity contribution in [1.29, 1.82) is 0 Å². The van der Waals surface area contributed by atoms with Gasteiger partial charge in [0, 0.05) is 25.2 Å². The Morgan fingerprint density at radius 3 is 2.15 bits per heavy atom. The van der Waals surface area contributed by atoms with Gasteiger partial charge in [-0.05, 0) is 91.8 Å². The first kappa shape index (κ1) is 34.4. The van der Waals surface area contributed by atoms with Crippen LogP contribution in [0.1, 0.15) is 43.2 Å². The number of nitrogens with one attached hydrogen (secondary N) is 2. The molecule has 4 aromatic rings. The fourth-order valence-electron chi connectivity index (χ4n) is 5.60. The van der Waals surface area contributed by atoms with Gasteiger partial charge in [-0.3, -0.25) is 14.3 Å². The van der Waals surface area contributed by atoms with Crippen LogP contribution >= 0.6 is 0 Å². The molecule has 0 aromatic heterocycles. The summed E-state index contributed by atoms with van der Waals surface area (Å²) < 4.78 is 47.1. The highest BCUT2D eigenvalue weighted by molar-refractivity contribution is 7.92. The third kappa shape index (κ3) is 10.0. The van der Waals surface area contributed by atoms with Crippen LogP contribution in [0.3, 0.4) is 0 Å². The minimum atomic E-state index is -3.94. The maximum atomic E-state index is 13.9. The number of sulfonamides is 1. The molecule has 0 spiro atoms. The molecule has 0 heterocycles. The average molecular weight is 670 g/mol. The maximum absolute atomic E-state index is 13.9.